The summed E-state index contributed by atoms with van der Waals surface area (Å²) in [5.74, 6) is 0.302. The molecular formula is C25H26N4O2S2. The van der Waals surface area contributed by atoms with E-state index in [2.05, 4.69) is 16.5 Å². The summed E-state index contributed by atoms with van der Waals surface area (Å²) in [5.41, 5.74) is 4.64. The first-order valence-electron chi connectivity index (χ1n) is 11.1. The van der Waals surface area contributed by atoms with Crippen LogP contribution in [0.1, 0.15) is 56.8 Å². The molecule has 0 spiro atoms. The van der Waals surface area contributed by atoms with Crippen LogP contribution in [0.5, 0.6) is 0 Å². The highest BCUT2D eigenvalue weighted by Gasteiger charge is 2.28. The minimum atomic E-state index is -0.0747. The van der Waals surface area contributed by atoms with Gasteiger partial charge in [0.15, 0.2) is 10.9 Å². The average molecular weight is 479 g/mol. The van der Waals surface area contributed by atoms with Crippen LogP contribution < -0.4 is 5.56 Å². The first-order valence-corrected chi connectivity index (χ1v) is 12.9. The van der Waals surface area contributed by atoms with Crippen LogP contribution in [0.3, 0.4) is 0 Å². The SMILES string of the molecule is Cc1sc2nc(SCC(=O)c3cc(C)n(C4CC4)c3C)n(Cc3ccccn3)c(=O)c2c1C. The summed E-state index contributed by atoms with van der Waals surface area (Å²) >= 11 is 2.86. The van der Waals surface area contributed by atoms with Crippen molar-refractivity contribution in [2.75, 3.05) is 5.75 Å². The summed E-state index contributed by atoms with van der Waals surface area (Å²) in [7, 11) is 0. The number of nitrogens with zero attached hydrogens (tertiary/aromatic N) is 4. The molecule has 33 heavy (non-hydrogen) atoms. The van der Waals surface area contributed by atoms with Crippen LogP contribution in [-0.2, 0) is 6.54 Å². The number of Topliss-reactive ketones (excluding diaryl/α,β-unsaturated/α-hetero) is 1. The van der Waals surface area contributed by atoms with Gasteiger partial charge in [0.05, 0.1) is 23.4 Å². The Morgan fingerprint density at radius 2 is 2.00 bits per heavy atom. The Hall–Kier alpha value is -2.71. The van der Waals surface area contributed by atoms with Gasteiger partial charge in [0, 0.05) is 34.1 Å². The minimum absolute atomic E-state index is 0.0669. The zero-order valence-corrected chi connectivity index (χ0v) is 20.8. The van der Waals surface area contributed by atoms with E-state index in [0.717, 1.165) is 37.9 Å². The Labute approximate surface area is 200 Å². The fourth-order valence-corrected chi connectivity index (χ4v) is 6.33. The second kappa shape index (κ2) is 8.57. The number of thioether (sulfide) groups is 1. The number of rotatable bonds is 7. The molecule has 1 aliphatic carbocycles. The zero-order valence-electron chi connectivity index (χ0n) is 19.2. The van der Waals surface area contributed by atoms with Crippen LogP contribution in [0.15, 0.2) is 40.4 Å². The minimum Gasteiger partial charge on any atom is -0.345 e. The molecule has 0 aliphatic heterocycles. The molecule has 170 valence electrons. The fourth-order valence-electron chi connectivity index (χ4n) is 4.37. The molecule has 0 atom stereocenters. The van der Waals surface area contributed by atoms with E-state index in [0.29, 0.717) is 23.1 Å². The molecule has 0 aromatic carbocycles. The standard InChI is InChI=1S/C25H26N4O2S2/c1-14-11-20(16(3)29(14)19-8-9-19)21(30)13-32-25-27-23-22(15(2)17(4)33-23)24(31)28(25)12-18-7-5-6-10-26-18/h5-7,10-11,19H,8-9,12-13H2,1-4H3. The lowest BCUT2D eigenvalue weighted by atomic mass is 10.2. The van der Waals surface area contributed by atoms with Crippen LogP contribution in [0.2, 0.25) is 0 Å². The van der Waals surface area contributed by atoms with Gasteiger partial charge in [-0.05, 0) is 64.3 Å². The monoisotopic (exact) mass is 478 g/mol. The average Bonchev–Trinajstić information content (AvgIpc) is 3.52. The second-order valence-electron chi connectivity index (χ2n) is 8.67. The van der Waals surface area contributed by atoms with Crippen molar-refractivity contribution in [3.8, 4) is 0 Å². The van der Waals surface area contributed by atoms with Crippen molar-refractivity contribution in [2.24, 2.45) is 0 Å². The molecule has 1 fully saturated rings. The van der Waals surface area contributed by atoms with Gasteiger partial charge in [-0.25, -0.2) is 4.98 Å². The number of pyridine rings is 1. The van der Waals surface area contributed by atoms with Crippen molar-refractivity contribution in [3.05, 3.63) is 73.9 Å². The van der Waals surface area contributed by atoms with Crippen LogP contribution in [-0.4, -0.2) is 30.6 Å². The number of thiophene rings is 1. The lowest BCUT2D eigenvalue weighted by Gasteiger charge is -2.12. The number of fused-ring (bicyclic) bond motifs is 1. The molecule has 0 amide bonds. The highest BCUT2D eigenvalue weighted by Crippen LogP contribution is 2.38. The summed E-state index contributed by atoms with van der Waals surface area (Å²) in [6, 6.07) is 8.20. The Balaban J connectivity index is 1.49. The van der Waals surface area contributed by atoms with Crippen LogP contribution in [0, 0.1) is 27.7 Å². The maximum atomic E-state index is 13.5. The Bertz CT molecular complexity index is 1430. The second-order valence-corrected chi connectivity index (χ2v) is 10.8. The van der Waals surface area contributed by atoms with E-state index in [1.807, 2.05) is 45.0 Å². The Kier molecular flexibility index (Phi) is 5.74. The number of aromatic nitrogens is 4. The molecule has 0 unspecified atom stereocenters. The third-order valence-corrected chi connectivity index (χ3v) is 8.41. The molecule has 8 heteroatoms. The van der Waals surface area contributed by atoms with E-state index in [1.54, 1.807) is 10.8 Å². The van der Waals surface area contributed by atoms with Gasteiger partial charge in [-0.1, -0.05) is 17.8 Å². The topological polar surface area (TPSA) is 69.8 Å². The Morgan fingerprint density at radius 3 is 2.70 bits per heavy atom. The van der Waals surface area contributed by atoms with Gasteiger partial charge in [-0.2, -0.15) is 0 Å². The van der Waals surface area contributed by atoms with E-state index in [4.69, 9.17) is 4.98 Å². The van der Waals surface area contributed by atoms with Gasteiger partial charge in [-0.15, -0.1) is 11.3 Å². The fraction of sp³-hybridized carbons (Fsp3) is 0.360. The predicted octanol–water partition coefficient (Wildman–Crippen LogP) is 5.25. The maximum absolute atomic E-state index is 13.5. The smallest absolute Gasteiger partial charge is 0.263 e. The number of ketones is 1. The van der Waals surface area contributed by atoms with Gasteiger partial charge in [0.2, 0.25) is 0 Å². The molecule has 4 aromatic heterocycles. The van der Waals surface area contributed by atoms with Crippen LogP contribution in [0.25, 0.3) is 10.2 Å². The van der Waals surface area contributed by atoms with Gasteiger partial charge in [0.1, 0.15) is 4.83 Å². The molecule has 1 saturated carbocycles. The van der Waals surface area contributed by atoms with Crippen molar-refractivity contribution in [1.82, 2.24) is 19.1 Å². The summed E-state index contributed by atoms with van der Waals surface area (Å²) in [6.45, 7) is 8.40. The quantitative estimate of drug-likeness (QED) is 0.206. The molecule has 0 bridgehead atoms. The molecule has 0 radical (unpaired) electrons. The van der Waals surface area contributed by atoms with E-state index < -0.39 is 0 Å². The molecule has 0 N–H and O–H groups in total. The lowest BCUT2D eigenvalue weighted by molar-refractivity contribution is 0.102. The van der Waals surface area contributed by atoms with Gasteiger partial charge < -0.3 is 4.57 Å². The van der Waals surface area contributed by atoms with Crippen LogP contribution in [0.4, 0.5) is 0 Å². The molecule has 6 nitrogen and oxygen atoms in total. The summed E-state index contributed by atoms with van der Waals surface area (Å²) in [6.07, 6.45) is 4.09. The first kappa shape index (κ1) is 22.1. The van der Waals surface area contributed by atoms with Crippen molar-refractivity contribution >= 4 is 39.1 Å². The van der Waals surface area contributed by atoms with E-state index in [-0.39, 0.29) is 17.1 Å². The number of carbonyl (C=O) groups excluding carboxylic acids is 1. The van der Waals surface area contributed by atoms with Crippen molar-refractivity contribution in [3.63, 3.8) is 0 Å². The molecular weight excluding hydrogens is 452 g/mol. The molecule has 1 aliphatic rings. The molecule has 5 rings (SSSR count). The number of hydrogen-bond donors (Lipinski definition) is 0. The third-order valence-electron chi connectivity index (χ3n) is 6.33. The summed E-state index contributed by atoms with van der Waals surface area (Å²) in [4.78, 5) is 37.7. The van der Waals surface area contributed by atoms with Crippen molar-refractivity contribution < 1.29 is 4.79 Å². The van der Waals surface area contributed by atoms with E-state index in [9.17, 15) is 9.59 Å². The highest BCUT2D eigenvalue weighted by molar-refractivity contribution is 7.99. The van der Waals surface area contributed by atoms with E-state index >= 15 is 0 Å². The number of aryl methyl sites for hydroxylation is 3. The van der Waals surface area contributed by atoms with Gasteiger partial charge in [-0.3, -0.25) is 19.1 Å². The van der Waals surface area contributed by atoms with Crippen molar-refractivity contribution in [2.45, 2.75) is 58.3 Å². The highest BCUT2D eigenvalue weighted by atomic mass is 32.2. The summed E-state index contributed by atoms with van der Waals surface area (Å²) < 4.78 is 3.95. The first-order chi connectivity index (χ1) is 15.8. The van der Waals surface area contributed by atoms with E-state index in [1.165, 1.54) is 35.9 Å². The van der Waals surface area contributed by atoms with Gasteiger partial charge >= 0.3 is 0 Å². The molecule has 4 aromatic rings. The van der Waals surface area contributed by atoms with Crippen LogP contribution >= 0.6 is 23.1 Å². The van der Waals surface area contributed by atoms with Gasteiger partial charge in [0.25, 0.3) is 5.56 Å². The Morgan fingerprint density at radius 1 is 1.21 bits per heavy atom. The number of carbonyl (C=O) groups is 1. The number of hydrogen-bond acceptors (Lipinski definition) is 6. The largest absolute Gasteiger partial charge is 0.345 e. The molecule has 0 saturated heterocycles. The molecule has 4 heterocycles. The lowest BCUT2D eigenvalue weighted by Crippen LogP contribution is -2.24. The predicted molar refractivity (Wildman–Crippen MR) is 134 cm³/mol. The third kappa shape index (κ3) is 4.06. The van der Waals surface area contributed by atoms with Crippen molar-refractivity contribution in [1.29, 1.82) is 0 Å². The normalized spacial score (nSPS) is 13.7. The maximum Gasteiger partial charge on any atom is 0.263 e. The zero-order chi connectivity index (χ0) is 23.3. The summed E-state index contributed by atoms with van der Waals surface area (Å²) in [5, 5.41) is 1.22.